The van der Waals surface area contributed by atoms with E-state index in [4.69, 9.17) is 0 Å². The molecule has 0 aliphatic heterocycles. The molecule has 0 aromatic carbocycles. The summed E-state index contributed by atoms with van der Waals surface area (Å²) in [6, 6.07) is 5.44. The molecule has 0 amide bonds. The Balaban J connectivity index is 2.01. The lowest BCUT2D eigenvalue weighted by Crippen LogP contribution is -2.19. The SMILES string of the molecule is Cc1[nH]nc(NS(=O)(=O)CCc2ccccn2)c1C. The third-order valence-electron chi connectivity index (χ3n) is 2.86. The lowest BCUT2D eigenvalue weighted by Gasteiger charge is -2.06. The highest BCUT2D eigenvalue weighted by molar-refractivity contribution is 7.92. The van der Waals surface area contributed by atoms with E-state index in [2.05, 4.69) is 19.9 Å². The Bertz CT molecular complexity index is 650. The van der Waals surface area contributed by atoms with E-state index in [9.17, 15) is 8.42 Å². The normalized spacial score (nSPS) is 11.5. The van der Waals surface area contributed by atoms with Crippen molar-refractivity contribution in [2.75, 3.05) is 10.5 Å². The van der Waals surface area contributed by atoms with Crippen molar-refractivity contribution in [3.05, 3.63) is 41.3 Å². The number of aromatic amines is 1. The first-order valence-corrected chi connectivity index (χ1v) is 7.55. The molecule has 0 unspecified atom stereocenters. The van der Waals surface area contributed by atoms with Crippen LogP contribution in [0.15, 0.2) is 24.4 Å². The number of H-pyrrole nitrogens is 1. The Kier molecular flexibility index (Phi) is 3.84. The van der Waals surface area contributed by atoms with E-state index in [0.717, 1.165) is 17.0 Å². The minimum Gasteiger partial charge on any atom is -0.280 e. The molecule has 2 aromatic rings. The van der Waals surface area contributed by atoms with Gasteiger partial charge in [0, 0.05) is 29.6 Å². The quantitative estimate of drug-likeness (QED) is 0.866. The van der Waals surface area contributed by atoms with Gasteiger partial charge in [0.2, 0.25) is 10.0 Å². The van der Waals surface area contributed by atoms with Crippen LogP contribution in [0.5, 0.6) is 0 Å². The van der Waals surface area contributed by atoms with E-state index >= 15 is 0 Å². The summed E-state index contributed by atoms with van der Waals surface area (Å²) in [5, 5.41) is 6.67. The zero-order chi connectivity index (χ0) is 13.9. The van der Waals surface area contributed by atoms with E-state index in [-0.39, 0.29) is 5.75 Å². The van der Waals surface area contributed by atoms with Crippen molar-refractivity contribution in [2.45, 2.75) is 20.3 Å². The van der Waals surface area contributed by atoms with Crippen molar-refractivity contribution in [3.63, 3.8) is 0 Å². The highest BCUT2D eigenvalue weighted by Gasteiger charge is 2.15. The van der Waals surface area contributed by atoms with Gasteiger partial charge in [0.05, 0.1) is 5.75 Å². The number of hydrogen-bond donors (Lipinski definition) is 2. The number of hydrogen-bond acceptors (Lipinski definition) is 4. The Labute approximate surface area is 112 Å². The van der Waals surface area contributed by atoms with E-state index in [0.29, 0.717) is 12.2 Å². The summed E-state index contributed by atoms with van der Waals surface area (Å²) in [4.78, 5) is 4.10. The zero-order valence-corrected chi connectivity index (χ0v) is 11.7. The summed E-state index contributed by atoms with van der Waals surface area (Å²) in [5.41, 5.74) is 2.41. The molecule has 2 aromatic heterocycles. The van der Waals surface area contributed by atoms with Crippen molar-refractivity contribution < 1.29 is 8.42 Å². The van der Waals surface area contributed by atoms with Gasteiger partial charge in [-0.05, 0) is 26.0 Å². The number of nitrogens with one attached hydrogen (secondary N) is 2. The molecule has 0 saturated carbocycles. The Morgan fingerprint density at radius 2 is 2.11 bits per heavy atom. The van der Waals surface area contributed by atoms with Crippen molar-refractivity contribution in [1.82, 2.24) is 15.2 Å². The van der Waals surface area contributed by atoms with Crippen molar-refractivity contribution >= 4 is 15.8 Å². The van der Waals surface area contributed by atoms with Crippen molar-refractivity contribution in [3.8, 4) is 0 Å². The first-order valence-electron chi connectivity index (χ1n) is 5.90. The van der Waals surface area contributed by atoms with Gasteiger partial charge in [0.1, 0.15) is 0 Å². The zero-order valence-electron chi connectivity index (χ0n) is 10.8. The van der Waals surface area contributed by atoms with Crippen LogP contribution in [0, 0.1) is 13.8 Å². The number of anilines is 1. The molecular formula is C12H16N4O2S. The molecule has 0 atom stereocenters. The fourth-order valence-corrected chi connectivity index (χ4v) is 2.64. The summed E-state index contributed by atoms with van der Waals surface area (Å²) in [6.45, 7) is 3.66. The average Bonchev–Trinajstić information content (AvgIpc) is 2.69. The lowest BCUT2D eigenvalue weighted by molar-refractivity contribution is 0.600. The maximum atomic E-state index is 11.9. The van der Waals surface area contributed by atoms with Gasteiger partial charge in [-0.2, -0.15) is 5.10 Å². The third kappa shape index (κ3) is 3.54. The molecule has 0 fully saturated rings. The Morgan fingerprint density at radius 1 is 1.32 bits per heavy atom. The largest absolute Gasteiger partial charge is 0.280 e. The van der Waals surface area contributed by atoms with Gasteiger partial charge in [-0.25, -0.2) is 8.42 Å². The van der Waals surface area contributed by atoms with Crippen LogP contribution in [0.4, 0.5) is 5.82 Å². The van der Waals surface area contributed by atoms with Gasteiger partial charge in [0.25, 0.3) is 0 Å². The predicted octanol–water partition coefficient (Wildman–Crippen LogP) is 1.41. The summed E-state index contributed by atoms with van der Waals surface area (Å²) in [5.74, 6) is 0.341. The van der Waals surface area contributed by atoms with Crippen LogP contribution in [0.2, 0.25) is 0 Å². The second kappa shape index (κ2) is 5.40. The Hall–Kier alpha value is -1.89. The van der Waals surface area contributed by atoms with E-state index in [1.54, 1.807) is 18.3 Å². The fourth-order valence-electron chi connectivity index (χ4n) is 1.57. The monoisotopic (exact) mass is 280 g/mol. The van der Waals surface area contributed by atoms with Crippen LogP contribution in [-0.2, 0) is 16.4 Å². The van der Waals surface area contributed by atoms with E-state index < -0.39 is 10.0 Å². The lowest BCUT2D eigenvalue weighted by atomic mass is 10.3. The predicted molar refractivity (Wildman–Crippen MR) is 73.4 cm³/mol. The van der Waals surface area contributed by atoms with Gasteiger partial charge < -0.3 is 0 Å². The molecule has 7 heteroatoms. The van der Waals surface area contributed by atoms with Crippen LogP contribution in [-0.4, -0.2) is 29.4 Å². The van der Waals surface area contributed by atoms with E-state index in [1.807, 2.05) is 19.9 Å². The Morgan fingerprint density at radius 3 is 2.68 bits per heavy atom. The second-order valence-corrected chi connectivity index (χ2v) is 6.16. The van der Waals surface area contributed by atoms with Crippen LogP contribution in [0.3, 0.4) is 0 Å². The first kappa shape index (κ1) is 13.5. The number of pyridine rings is 1. The average molecular weight is 280 g/mol. The second-order valence-electron chi connectivity index (χ2n) is 4.31. The maximum Gasteiger partial charge on any atom is 0.234 e. The van der Waals surface area contributed by atoms with Crippen molar-refractivity contribution in [1.29, 1.82) is 0 Å². The number of sulfonamides is 1. The van der Waals surface area contributed by atoms with Gasteiger partial charge in [-0.15, -0.1) is 0 Å². The molecule has 0 bridgehead atoms. The van der Waals surface area contributed by atoms with Crippen molar-refractivity contribution in [2.24, 2.45) is 0 Å². The highest BCUT2D eigenvalue weighted by atomic mass is 32.2. The molecule has 2 N–H and O–H groups in total. The number of aryl methyl sites for hydroxylation is 2. The fraction of sp³-hybridized carbons (Fsp3) is 0.333. The minimum absolute atomic E-state index is 0.0185. The molecule has 2 heterocycles. The van der Waals surface area contributed by atoms with Gasteiger partial charge in [0.15, 0.2) is 5.82 Å². The molecule has 0 saturated heterocycles. The van der Waals surface area contributed by atoms with Gasteiger partial charge in [-0.3, -0.25) is 14.8 Å². The first-order chi connectivity index (χ1) is 8.98. The molecule has 0 aliphatic rings. The molecule has 102 valence electrons. The summed E-state index contributed by atoms with van der Waals surface area (Å²) in [6.07, 6.45) is 2.02. The number of nitrogens with zero attached hydrogens (tertiary/aromatic N) is 2. The summed E-state index contributed by atoms with van der Waals surface area (Å²) >= 11 is 0. The molecule has 6 nitrogen and oxygen atoms in total. The molecule has 0 radical (unpaired) electrons. The summed E-state index contributed by atoms with van der Waals surface area (Å²) < 4.78 is 26.4. The van der Waals surface area contributed by atoms with Crippen LogP contribution in [0.25, 0.3) is 0 Å². The molecular weight excluding hydrogens is 264 g/mol. The van der Waals surface area contributed by atoms with Gasteiger partial charge >= 0.3 is 0 Å². The standard InChI is InChI=1S/C12H16N4O2S/c1-9-10(2)14-15-12(9)16-19(17,18)8-6-11-5-3-4-7-13-11/h3-5,7H,6,8H2,1-2H3,(H2,14,15,16). The molecule has 2 rings (SSSR count). The number of rotatable bonds is 5. The van der Waals surface area contributed by atoms with Gasteiger partial charge in [-0.1, -0.05) is 6.07 Å². The summed E-state index contributed by atoms with van der Waals surface area (Å²) in [7, 11) is -3.41. The number of aromatic nitrogens is 3. The molecule has 19 heavy (non-hydrogen) atoms. The van der Waals surface area contributed by atoms with E-state index in [1.165, 1.54) is 0 Å². The smallest absolute Gasteiger partial charge is 0.234 e. The maximum absolute atomic E-state index is 11.9. The molecule has 0 spiro atoms. The van der Waals surface area contributed by atoms with Crippen LogP contribution < -0.4 is 4.72 Å². The minimum atomic E-state index is -3.41. The van der Waals surface area contributed by atoms with Crippen LogP contribution >= 0.6 is 0 Å². The van der Waals surface area contributed by atoms with Crippen LogP contribution in [0.1, 0.15) is 17.0 Å². The third-order valence-corrected chi connectivity index (χ3v) is 4.10. The topological polar surface area (TPSA) is 87.7 Å². The highest BCUT2D eigenvalue weighted by Crippen LogP contribution is 2.15. The molecule has 0 aliphatic carbocycles.